The third-order valence-electron chi connectivity index (χ3n) is 3.68. The average molecular weight is 306 g/mol. The lowest BCUT2D eigenvalue weighted by molar-refractivity contribution is -0.122. The van der Waals surface area contributed by atoms with E-state index < -0.39 is 11.2 Å². The van der Waals surface area contributed by atoms with Crippen molar-refractivity contribution in [1.29, 1.82) is 0 Å². The first kappa shape index (κ1) is 15.5. The summed E-state index contributed by atoms with van der Waals surface area (Å²) in [5.74, 6) is -0.499. The van der Waals surface area contributed by atoms with Crippen molar-refractivity contribution in [1.82, 2.24) is 0 Å². The summed E-state index contributed by atoms with van der Waals surface area (Å²) in [6.07, 6.45) is 0.158. The van der Waals surface area contributed by atoms with E-state index in [9.17, 15) is 9.18 Å². The molecule has 0 aliphatic heterocycles. The van der Waals surface area contributed by atoms with Crippen LogP contribution in [0.15, 0.2) is 42.5 Å². The van der Waals surface area contributed by atoms with Crippen molar-refractivity contribution in [2.45, 2.75) is 25.7 Å². The highest BCUT2D eigenvalue weighted by molar-refractivity contribution is 6.30. The molecular formula is C17H17ClFNO. The minimum Gasteiger partial charge on any atom is -0.399 e. The number of Topliss-reactive ketones (excluding diaryl/α,β-unsaturated/α-hetero) is 1. The largest absolute Gasteiger partial charge is 0.399 e. The van der Waals surface area contributed by atoms with Gasteiger partial charge in [-0.1, -0.05) is 29.8 Å². The normalized spacial score (nSPS) is 11.4. The molecule has 2 aromatic rings. The van der Waals surface area contributed by atoms with Crippen LogP contribution >= 0.6 is 11.6 Å². The monoisotopic (exact) mass is 305 g/mol. The molecular weight excluding hydrogens is 289 g/mol. The van der Waals surface area contributed by atoms with Gasteiger partial charge in [-0.15, -0.1) is 0 Å². The lowest BCUT2D eigenvalue weighted by Crippen LogP contribution is -2.30. The minimum atomic E-state index is -0.663. The van der Waals surface area contributed by atoms with E-state index in [1.807, 2.05) is 26.0 Å². The molecule has 2 rings (SSSR count). The third-order valence-corrected chi connectivity index (χ3v) is 3.98. The lowest BCUT2D eigenvalue weighted by atomic mass is 9.78. The van der Waals surface area contributed by atoms with Gasteiger partial charge in [-0.25, -0.2) is 4.39 Å². The van der Waals surface area contributed by atoms with Gasteiger partial charge in [0, 0.05) is 17.5 Å². The van der Waals surface area contributed by atoms with E-state index in [1.165, 1.54) is 12.1 Å². The maximum absolute atomic E-state index is 13.4. The van der Waals surface area contributed by atoms with E-state index in [4.69, 9.17) is 17.3 Å². The number of carbonyl (C=O) groups excluding carboxylic acids is 1. The zero-order valence-corrected chi connectivity index (χ0v) is 12.7. The molecule has 0 radical (unpaired) electrons. The highest BCUT2D eigenvalue weighted by Gasteiger charge is 2.29. The fraction of sp³-hybridized carbons (Fsp3) is 0.235. The zero-order chi connectivity index (χ0) is 15.6. The summed E-state index contributed by atoms with van der Waals surface area (Å²) >= 11 is 5.65. The second kappa shape index (κ2) is 5.86. The van der Waals surface area contributed by atoms with E-state index >= 15 is 0 Å². The number of ketones is 1. The van der Waals surface area contributed by atoms with Gasteiger partial charge in [0.05, 0.1) is 5.02 Å². The molecule has 0 fully saturated rings. The number of halogens is 2. The molecule has 0 aliphatic rings. The van der Waals surface area contributed by atoms with Gasteiger partial charge < -0.3 is 5.73 Å². The molecule has 2 N–H and O–H groups in total. The lowest BCUT2D eigenvalue weighted by Gasteiger charge is -2.24. The van der Waals surface area contributed by atoms with Gasteiger partial charge in [-0.2, -0.15) is 0 Å². The van der Waals surface area contributed by atoms with Crippen LogP contribution in [0.1, 0.15) is 25.0 Å². The van der Waals surface area contributed by atoms with Gasteiger partial charge in [-0.3, -0.25) is 4.79 Å². The molecule has 110 valence electrons. The quantitative estimate of drug-likeness (QED) is 0.862. The molecule has 0 aliphatic carbocycles. The Balaban J connectivity index is 2.21. The van der Waals surface area contributed by atoms with Crippen molar-refractivity contribution in [3.63, 3.8) is 0 Å². The van der Waals surface area contributed by atoms with Gasteiger partial charge in [0.2, 0.25) is 0 Å². The Morgan fingerprint density at radius 2 is 1.81 bits per heavy atom. The van der Waals surface area contributed by atoms with Crippen molar-refractivity contribution in [2.75, 3.05) is 5.73 Å². The molecule has 0 aromatic heterocycles. The van der Waals surface area contributed by atoms with Crippen LogP contribution in [0.2, 0.25) is 5.02 Å². The first-order chi connectivity index (χ1) is 9.80. The Kier molecular flexibility index (Phi) is 4.33. The fourth-order valence-electron chi connectivity index (χ4n) is 2.12. The number of carbonyl (C=O) groups is 1. The SMILES string of the molecule is CC(C)(C(=O)Cc1ccc(Cl)c(F)c1)c1ccc(N)cc1. The first-order valence-corrected chi connectivity index (χ1v) is 7.02. The summed E-state index contributed by atoms with van der Waals surface area (Å²) in [5, 5.41) is 0.0593. The standard InChI is InChI=1S/C17H17ClFNO/c1-17(2,12-4-6-13(20)7-5-12)16(21)10-11-3-8-14(18)15(19)9-11/h3-9H,10,20H2,1-2H3. The van der Waals surface area contributed by atoms with Gasteiger partial charge in [0.15, 0.2) is 0 Å². The number of benzene rings is 2. The van der Waals surface area contributed by atoms with Crippen LogP contribution in [0, 0.1) is 5.82 Å². The molecule has 0 spiro atoms. The minimum absolute atomic E-state index is 0.00833. The maximum atomic E-state index is 13.4. The molecule has 2 aromatic carbocycles. The van der Waals surface area contributed by atoms with Crippen LogP contribution in [0.3, 0.4) is 0 Å². The summed E-state index contributed by atoms with van der Waals surface area (Å²) in [6, 6.07) is 11.7. The molecule has 0 heterocycles. The predicted molar refractivity (Wildman–Crippen MR) is 84.0 cm³/mol. The molecule has 0 unspecified atom stereocenters. The number of nitrogen functional groups attached to an aromatic ring is 1. The molecule has 0 saturated heterocycles. The third kappa shape index (κ3) is 3.42. The molecule has 2 nitrogen and oxygen atoms in total. The number of rotatable bonds is 4. The van der Waals surface area contributed by atoms with Gasteiger partial charge in [0.1, 0.15) is 11.6 Å². The fourth-order valence-corrected chi connectivity index (χ4v) is 2.23. The van der Waals surface area contributed by atoms with Crippen molar-refractivity contribution in [3.05, 3.63) is 64.4 Å². The van der Waals surface area contributed by atoms with Gasteiger partial charge >= 0.3 is 0 Å². The topological polar surface area (TPSA) is 43.1 Å². The van der Waals surface area contributed by atoms with E-state index in [1.54, 1.807) is 18.2 Å². The number of nitrogens with two attached hydrogens (primary N) is 1. The second-order valence-electron chi connectivity index (χ2n) is 5.60. The first-order valence-electron chi connectivity index (χ1n) is 6.64. The van der Waals surface area contributed by atoms with Crippen molar-refractivity contribution in [3.8, 4) is 0 Å². The number of anilines is 1. The molecule has 4 heteroatoms. The van der Waals surface area contributed by atoms with Crippen LogP contribution in [0.4, 0.5) is 10.1 Å². The van der Waals surface area contributed by atoms with Gasteiger partial charge in [-0.05, 0) is 49.2 Å². The van der Waals surface area contributed by atoms with E-state index in [0.717, 1.165) is 5.56 Å². The molecule has 0 atom stereocenters. The second-order valence-corrected chi connectivity index (χ2v) is 6.00. The molecule has 0 bridgehead atoms. The van der Waals surface area contributed by atoms with Crippen LogP contribution < -0.4 is 5.73 Å². The molecule has 0 amide bonds. The van der Waals surface area contributed by atoms with Crippen molar-refractivity contribution >= 4 is 23.1 Å². The Labute approximate surface area is 128 Å². The van der Waals surface area contributed by atoms with Gasteiger partial charge in [0.25, 0.3) is 0 Å². The summed E-state index contributed by atoms with van der Waals surface area (Å²) in [5.41, 5.74) is 7.15. The Hall–Kier alpha value is -1.87. The Morgan fingerprint density at radius 1 is 1.19 bits per heavy atom. The predicted octanol–water partition coefficient (Wildman–Crippen LogP) is 4.15. The average Bonchev–Trinajstić information content (AvgIpc) is 2.43. The van der Waals surface area contributed by atoms with Crippen LogP contribution in [-0.4, -0.2) is 5.78 Å². The van der Waals surface area contributed by atoms with Crippen LogP contribution in [0.5, 0.6) is 0 Å². The summed E-state index contributed by atoms with van der Waals surface area (Å²) < 4.78 is 13.4. The summed E-state index contributed by atoms with van der Waals surface area (Å²) in [6.45, 7) is 3.71. The Morgan fingerprint density at radius 3 is 2.38 bits per heavy atom. The number of hydrogen-bond acceptors (Lipinski definition) is 2. The smallest absolute Gasteiger partial charge is 0.147 e. The summed E-state index contributed by atoms with van der Waals surface area (Å²) in [4.78, 5) is 12.5. The zero-order valence-electron chi connectivity index (χ0n) is 12.0. The maximum Gasteiger partial charge on any atom is 0.147 e. The van der Waals surface area contributed by atoms with Crippen molar-refractivity contribution in [2.24, 2.45) is 0 Å². The molecule has 0 saturated carbocycles. The number of hydrogen-bond donors (Lipinski definition) is 1. The van der Waals surface area contributed by atoms with E-state index in [2.05, 4.69) is 0 Å². The highest BCUT2D eigenvalue weighted by Crippen LogP contribution is 2.27. The Bertz CT molecular complexity index is 665. The van der Waals surface area contributed by atoms with E-state index in [0.29, 0.717) is 11.3 Å². The molecule has 21 heavy (non-hydrogen) atoms. The van der Waals surface area contributed by atoms with Crippen molar-refractivity contribution < 1.29 is 9.18 Å². The van der Waals surface area contributed by atoms with Crippen LogP contribution in [0.25, 0.3) is 0 Å². The van der Waals surface area contributed by atoms with Crippen LogP contribution in [-0.2, 0) is 16.6 Å². The van der Waals surface area contributed by atoms with E-state index in [-0.39, 0.29) is 17.2 Å². The summed E-state index contributed by atoms with van der Waals surface area (Å²) in [7, 11) is 0. The highest BCUT2D eigenvalue weighted by atomic mass is 35.5.